The lowest BCUT2D eigenvalue weighted by atomic mass is 9.96. The number of rotatable bonds is 4. The third-order valence-corrected chi connectivity index (χ3v) is 3.86. The Bertz CT molecular complexity index is 399. The summed E-state index contributed by atoms with van der Waals surface area (Å²) in [4.78, 5) is 0. The summed E-state index contributed by atoms with van der Waals surface area (Å²) in [6.07, 6.45) is 2.05. The monoisotopic (exact) mass is 286 g/mol. The van der Waals surface area contributed by atoms with Gasteiger partial charge in [-0.3, -0.25) is 0 Å². The van der Waals surface area contributed by atoms with Crippen molar-refractivity contribution >= 4 is 15.9 Å². The highest BCUT2D eigenvalue weighted by molar-refractivity contribution is 9.10. The fraction of sp³-hybridized carbons (Fsp3) is 0.500. The number of methoxy groups -OCH3 is 2. The summed E-state index contributed by atoms with van der Waals surface area (Å²) in [6.45, 7) is 0.182. The molecule has 2 rings (SSSR count). The molecule has 0 unspecified atom stereocenters. The average molecular weight is 287 g/mol. The molecule has 0 bridgehead atoms. The number of ether oxygens (including phenoxy) is 2. The van der Waals surface area contributed by atoms with Gasteiger partial charge in [0.25, 0.3) is 0 Å². The molecule has 88 valence electrons. The van der Waals surface area contributed by atoms with E-state index in [-0.39, 0.29) is 12.0 Å². The Kier molecular flexibility index (Phi) is 3.13. The normalized spacial score (nSPS) is 17.0. The summed E-state index contributed by atoms with van der Waals surface area (Å²) in [7, 11) is 3.23. The molecule has 0 saturated heterocycles. The standard InChI is InChI=1S/C12H15BrO3/c1-15-10-5-8(12(7-14)3-4-12)9(13)6-11(10)16-2/h5-6,14H,3-4,7H2,1-2H3. The van der Waals surface area contributed by atoms with Gasteiger partial charge in [0.1, 0.15) is 0 Å². The highest BCUT2D eigenvalue weighted by Crippen LogP contribution is 2.52. The summed E-state index contributed by atoms with van der Waals surface area (Å²) >= 11 is 3.52. The minimum Gasteiger partial charge on any atom is -0.493 e. The summed E-state index contributed by atoms with van der Waals surface area (Å²) < 4.78 is 11.5. The van der Waals surface area contributed by atoms with Crippen molar-refractivity contribution in [1.29, 1.82) is 0 Å². The van der Waals surface area contributed by atoms with Crippen molar-refractivity contribution < 1.29 is 14.6 Å². The first kappa shape index (κ1) is 11.7. The van der Waals surface area contributed by atoms with Crippen LogP contribution in [0.3, 0.4) is 0 Å². The van der Waals surface area contributed by atoms with E-state index in [9.17, 15) is 5.11 Å². The van der Waals surface area contributed by atoms with Crippen LogP contribution < -0.4 is 9.47 Å². The molecule has 4 heteroatoms. The summed E-state index contributed by atoms with van der Waals surface area (Å²) in [5.41, 5.74) is 1.03. The molecule has 1 fully saturated rings. The van der Waals surface area contributed by atoms with E-state index in [0.29, 0.717) is 11.5 Å². The fourth-order valence-electron chi connectivity index (χ4n) is 1.92. The summed E-state index contributed by atoms with van der Waals surface area (Å²) in [5.74, 6) is 1.41. The Labute approximate surface area is 104 Å². The fourth-order valence-corrected chi connectivity index (χ4v) is 2.67. The lowest BCUT2D eigenvalue weighted by molar-refractivity contribution is 0.254. The van der Waals surface area contributed by atoms with Gasteiger partial charge in [-0.25, -0.2) is 0 Å². The largest absolute Gasteiger partial charge is 0.493 e. The second-order valence-corrected chi connectivity index (χ2v) is 4.98. The number of halogens is 1. The van der Waals surface area contributed by atoms with E-state index in [0.717, 1.165) is 22.9 Å². The van der Waals surface area contributed by atoms with Crippen LogP contribution in [0.25, 0.3) is 0 Å². The zero-order valence-electron chi connectivity index (χ0n) is 9.42. The van der Waals surface area contributed by atoms with Crippen molar-refractivity contribution in [2.24, 2.45) is 0 Å². The molecule has 1 aromatic carbocycles. The van der Waals surface area contributed by atoms with Crippen LogP contribution in [0.2, 0.25) is 0 Å². The van der Waals surface area contributed by atoms with E-state index in [1.54, 1.807) is 14.2 Å². The lowest BCUT2D eigenvalue weighted by Crippen LogP contribution is -2.13. The molecule has 1 aromatic rings. The van der Waals surface area contributed by atoms with Gasteiger partial charge >= 0.3 is 0 Å². The first-order valence-electron chi connectivity index (χ1n) is 5.20. The van der Waals surface area contributed by atoms with Gasteiger partial charge in [0, 0.05) is 9.89 Å². The molecule has 3 nitrogen and oxygen atoms in total. The van der Waals surface area contributed by atoms with Crippen molar-refractivity contribution in [3.05, 3.63) is 22.2 Å². The molecule has 0 aliphatic heterocycles. The number of aliphatic hydroxyl groups excluding tert-OH is 1. The maximum absolute atomic E-state index is 9.43. The highest BCUT2D eigenvalue weighted by Gasteiger charge is 2.45. The van der Waals surface area contributed by atoms with E-state index >= 15 is 0 Å². The third-order valence-electron chi connectivity index (χ3n) is 3.20. The molecule has 0 heterocycles. The van der Waals surface area contributed by atoms with Crippen molar-refractivity contribution in [3.63, 3.8) is 0 Å². The van der Waals surface area contributed by atoms with Gasteiger partial charge in [0.05, 0.1) is 20.8 Å². The third kappa shape index (κ3) is 1.80. The maximum atomic E-state index is 9.43. The van der Waals surface area contributed by atoms with Crippen molar-refractivity contribution in [1.82, 2.24) is 0 Å². The minimum absolute atomic E-state index is 0.0710. The van der Waals surface area contributed by atoms with Crippen LogP contribution in [0.15, 0.2) is 16.6 Å². The van der Waals surface area contributed by atoms with E-state index in [2.05, 4.69) is 15.9 Å². The van der Waals surface area contributed by atoms with Crippen LogP contribution >= 0.6 is 15.9 Å². The Morgan fingerprint density at radius 3 is 2.25 bits per heavy atom. The molecular weight excluding hydrogens is 272 g/mol. The molecule has 1 aliphatic rings. The molecule has 0 spiro atoms. The van der Waals surface area contributed by atoms with Crippen LogP contribution in [-0.4, -0.2) is 25.9 Å². The van der Waals surface area contributed by atoms with Crippen molar-refractivity contribution in [2.75, 3.05) is 20.8 Å². The Morgan fingerprint density at radius 1 is 1.25 bits per heavy atom. The number of hydrogen-bond donors (Lipinski definition) is 1. The van der Waals surface area contributed by atoms with Crippen LogP contribution in [0, 0.1) is 0 Å². The molecule has 1 aliphatic carbocycles. The minimum atomic E-state index is -0.0710. The first-order chi connectivity index (χ1) is 7.66. The van der Waals surface area contributed by atoms with E-state index < -0.39 is 0 Å². The average Bonchev–Trinajstić information content (AvgIpc) is 3.09. The van der Waals surface area contributed by atoms with Gasteiger partial charge in [-0.1, -0.05) is 15.9 Å². The zero-order valence-corrected chi connectivity index (χ0v) is 11.0. The van der Waals surface area contributed by atoms with Crippen molar-refractivity contribution in [2.45, 2.75) is 18.3 Å². The van der Waals surface area contributed by atoms with Gasteiger partial charge in [-0.15, -0.1) is 0 Å². The van der Waals surface area contributed by atoms with Gasteiger partial charge < -0.3 is 14.6 Å². The van der Waals surface area contributed by atoms with Crippen molar-refractivity contribution in [3.8, 4) is 11.5 Å². The zero-order chi connectivity index (χ0) is 11.8. The predicted octanol–water partition coefficient (Wildman–Crippen LogP) is 2.49. The van der Waals surface area contributed by atoms with Crippen LogP contribution in [0.1, 0.15) is 18.4 Å². The van der Waals surface area contributed by atoms with Gasteiger partial charge in [-0.05, 0) is 30.5 Å². The molecule has 16 heavy (non-hydrogen) atoms. The molecule has 0 aromatic heterocycles. The number of aliphatic hydroxyl groups is 1. The Balaban J connectivity index is 2.47. The van der Waals surface area contributed by atoms with E-state index in [1.165, 1.54) is 0 Å². The lowest BCUT2D eigenvalue weighted by Gasteiger charge is -2.17. The van der Waals surface area contributed by atoms with Gasteiger partial charge in [0.2, 0.25) is 0 Å². The first-order valence-corrected chi connectivity index (χ1v) is 5.99. The van der Waals surface area contributed by atoms with Crippen LogP contribution in [0.5, 0.6) is 11.5 Å². The smallest absolute Gasteiger partial charge is 0.161 e. The Morgan fingerprint density at radius 2 is 1.81 bits per heavy atom. The van der Waals surface area contributed by atoms with Crippen LogP contribution in [0.4, 0.5) is 0 Å². The molecule has 1 N–H and O–H groups in total. The predicted molar refractivity (Wildman–Crippen MR) is 65.2 cm³/mol. The summed E-state index contributed by atoms with van der Waals surface area (Å²) in [6, 6.07) is 3.84. The maximum Gasteiger partial charge on any atom is 0.161 e. The topological polar surface area (TPSA) is 38.7 Å². The molecule has 0 amide bonds. The Hall–Kier alpha value is -0.740. The second kappa shape index (κ2) is 4.26. The number of benzene rings is 1. The molecule has 0 radical (unpaired) electrons. The number of hydrogen-bond acceptors (Lipinski definition) is 3. The SMILES string of the molecule is COc1cc(Br)c(C2(CO)CC2)cc1OC. The van der Waals surface area contributed by atoms with Gasteiger partial charge in [-0.2, -0.15) is 0 Å². The quantitative estimate of drug-likeness (QED) is 0.924. The molecule has 1 saturated carbocycles. The second-order valence-electron chi connectivity index (χ2n) is 4.13. The van der Waals surface area contributed by atoms with Gasteiger partial charge in [0.15, 0.2) is 11.5 Å². The molecule has 0 atom stereocenters. The summed E-state index contributed by atoms with van der Waals surface area (Å²) in [5, 5.41) is 9.43. The van der Waals surface area contributed by atoms with E-state index in [1.807, 2.05) is 12.1 Å². The van der Waals surface area contributed by atoms with Crippen LogP contribution in [-0.2, 0) is 5.41 Å². The highest BCUT2D eigenvalue weighted by atomic mass is 79.9. The van der Waals surface area contributed by atoms with E-state index in [4.69, 9.17) is 9.47 Å². The molecular formula is C12H15BrO3.